The zero-order valence-corrected chi connectivity index (χ0v) is 18.4. The Balaban J connectivity index is 3.44. The molecule has 6 nitrogen and oxygen atoms in total. The molecule has 0 spiro atoms. The van der Waals surface area contributed by atoms with Crippen molar-refractivity contribution in [3.05, 3.63) is 12.2 Å². The van der Waals surface area contributed by atoms with Crippen molar-refractivity contribution in [1.82, 2.24) is 0 Å². The summed E-state index contributed by atoms with van der Waals surface area (Å²) in [6.45, 7) is 1.86. The molecule has 0 unspecified atom stereocenters. The van der Waals surface area contributed by atoms with Gasteiger partial charge in [0.1, 0.15) is 0 Å². The second-order valence-electron chi connectivity index (χ2n) is 7.10. The maximum absolute atomic E-state index is 11.5. The molecule has 0 saturated heterocycles. The maximum Gasteiger partial charge on any atom is 0.451 e. The normalized spacial score (nSPS) is 11.9. The zero-order valence-electron chi connectivity index (χ0n) is 17.6. The zero-order chi connectivity index (χ0) is 20.9. The largest absolute Gasteiger partial charge is 0.451 e. The van der Waals surface area contributed by atoms with Crippen LogP contribution in [0.25, 0.3) is 0 Å². The minimum absolute atomic E-state index is 0.0702. The van der Waals surface area contributed by atoms with Crippen molar-refractivity contribution in [3.8, 4) is 0 Å². The Bertz CT molecular complexity index is 487. The second-order valence-corrected chi connectivity index (χ2v) is 8.32. The number of carbonyl (C=O) groups is 1. The van der Waals surface area contributed by atoms with Crippen LogP contribution in [0.3, 0.4) is 0 Å². The van der Waals surface area contributed by atoms with Gasteiger partial charge in [-0.1, -0.05) is 70.4 Å². The van der Waals surface area contributed by atoms with Gasteiger partial charge in [-0.3, -0.25) is 4.79 Å². The van der Waals surface area contributed by atoms with Crippen molar-refractivity contribution < 1.29 is 26.7 Å². The van der Waals surface area contributed by atoms with Crippen molar-refractivity contribution in [1.29, 1.82) is 0 Å². The molecule has 0 saturated carbocycles. The Hall–Kier alpha value is -0.920. The van der Waals surface area contributed by atoms with Gasteiger partial charge in [-0.05, 0) is 38.5 Å². The lowest BCUT2D eigenvalue weighted by Gasteiger charge is -2.05. The molecule has 0 fully saturated rings. The average molecular weight is 421 g/mol. The van der Waals surface area contributed by atoms with Crippen LogP contribution in [0.5, 0.6) is 0 Å². The van der Waals surface area contributed by atoms with Gasteiger partial charge < -0.3 is 9.29 Å². The van der Waals surface area contributed by atoms with E-state index in [1.54, 1.807) is 0 Å². The second kappa shape index (κ2) is 19.4. The number of carbonyl (C=O) groups excluding carboxylic acids is 1. The van der Waals surface area contributed by atoms with Crippen LogP contribution in [-0.4, -0.2) is 32.7 Å². The highest BCUT2D eigenvalue weighted by molar-refractivity contribution is 7.82. The van der Waals surface area contributed by atoms with Crippen molar-refractivity contribution in [2.24, 2.45) is 0 Å². The first-order chi connectivity index (χ1) is 13.5. The fourth-order valence-electron chi connectivity index (χ4n) is 2.75. The third-order valence-corrected chi connectivity index (χ3v) is 5.21. The molecule has 0 aliphatic rings. The number of aliphatic hydroxyl groups excluding tert-OH is 1. The average Bonchev–Trinajstić information content (AvgIpc) is 2.64. The Morgan fingerprint density at radius 1 is 0.821 bits per heavy atom. The first-order valence-corrected chi connectivity index (χ1v) is 12.2. The summed E-state index contributed by atoms with van der Waals surface area (Å²) in [5.41, 5.74) is 0. The highest BCUT2D eigenvalue weighted by atomic mass is 32.3. The minimum atomic E-state index is -4.29. The standard InChI is InChI=1S/C21H40O6S/c1-2-3-4-5-6-7-8-9-10-11-12-13-14-15-16-18-21(23)27-28(24,25)26-20-17-19-22/h9-10,22H,2-8,11-20H2,1H3/b10-9-. The van der Waals surface area contributed by atoms with Gasteiger partial charge in [0, 0.05) is 13.0 Å². The van der Waals surface area contributed by atoms with Crippen molar-refractivity contribution >= 4 is 16.4 Å². The van der Waals surface area contributed by atoms with Crippen LogP contribution in [-0.2, 0) is 23.6 Å². The summed E-state index contributed by atoms with van der Waals surface area (Å²) in [5, 5.41) is 8.56. The lowest BCUT2D eigenvalue weighted by Crippen LogP contribution is -2.16. The Labute approximate surface area is 172 Å². The molecule has 0 aliphatic heterocycles. The van der Waals surface area contributed by atoms with Gasteiger partial charge in [-0.15, -0.1) is 0 Å². The number of hydrogen-bond donors (Lipinski definition) is 1. The molecule has 0 rings (SSSR count). The van der Waals surface area contributed by atoms with Crippen LogP contribution in [0.2, 0.25) is 0 Å². The van der Waals surface area contributed by atoms with Crippen LogP contribution in [0.1, 0.15) is 103 Å². The van der Waals surface area contributed by atoms with E-state index in [4.69, 9.17) is 5.11 Å². The molecular weight excluding hydrogens is 380 g/mol. The van der Waals surface area contributed by atoms with Crippen LogP contribution in [0, 0.1) is 0 Å². The summed E-state index contributed by atoms with van der Waals surface area (Å²) in [7, 11) is -4.29. The summed E-state index contributed by atoms with van der Waals surface area (Å²) in [6, 6.07) is 0. The van der Waals surface area contributed by atoms with Crippen LogP contribution < -0.4 is 0 Å². The Morgan fingerprint density at radius 2 is 1.36 bits per heavy atom. The van der Waals surface area contributed by atoms with E-state index in [1.165, 1.54) is 44.9 Å². The highest BCUT2D eigenvalue weighted by Gasteiger charge is 2.17. The SMILES string of the molecule is CCCCCCCC/C=C\CCCCCCCC(=O)OS(=O)(=O)OCCCO. The Morgan fingerprint density at radius 3 is 1.93 bits per heavy atom. The summed E-state index contributed by atoms with van der Waals surface area (Å²) in [6.07, 6.45) is 19.9. The summed E-state index contributed by atoms with van der Waals surface area (Å²) >= 11 is 0. The van der Waals surface area contributed by atoms with E-state index in [0.717, 1.165) is 32.1 Å². The van der Waals surface area contributed by atoms with Gasteiger partial charge in [-0.25, -0.2) is 4.18 Å². The van der Waals surface area contributed by atoms with E-state index in [0.29, 0.717) is 6.42 Å². The van der Waals surface area contributed by atoms with Gasteiger partial charge in [0.25, 0.3) is 0 Å². The number of aliphatic hydroxyl groups is 1. The minimum Gasteiger partial charge on any atom is -0.396 e. The van der Waals surface area contributed by atoms with Crippen LogP contribution in [0.4, 0.5) is 0 Å². The van der Waals surface area contributed by atoms with Crippen molar-refractivity contribution in [3.63, 3.8) is 0 Å². The summed E-state index contributed by atoms with van der Waals surface area (Å²) in [5.74, 6) is -0.790. The molecule has 0 radical (unpaired) electrons. The number of unbranched alkanes of at least 4 members (excludes halogenated alkanes) is 11. The van der Waals surface area contributed by atoms with E-state index >= 15 is 0 Å². The van der Waals surface area contributed by atoms with Crippen LogP contribution in [0.15, 0.2) is 12.2 Å². The molecule has 166 valence electrons. The maximum atomic E-state index is 11.5. The molecule has 7 heteroatoms. The predicted molar refractivity (Wildman–Crippen MR) is 112 cm³/mol. The molecule has 0 heterocycles. The van der Waals surface area contributed by atoms with E-state index in [1.807, 2.05) is 0 Å². The first kappa shape index (κ1) is 27.1. The molecule has 0 aromatic rings. The molecule has 0 atom stereocenters. The van der Waals surface area contributed by atoms with Gasteiger partial charge in [0.05, 0.1) is 6.61 Å². The molecule has 0 aromatic heterocycles. The topological polar surface area (TPSA) is 89.9 Å². The van der Waals surface area contributed by atoms with Gasteiger partial charge in [0.2, 0.25) is 0 Å². The number of rotatable bonds is 20. The molecule has 0 amide bonds. The summed E-state index contributed by atoms with van der Waals surface area (Å²) in [4.78, 5) is 11.5. The molecule has 0 aliphatic carbocycles. The Kier molecular flexibility index (Phi) is 18.8. The fraction of sp³-hybridized carbons (Fsp3) is 0.857. The fourth-order valence-corrected chi connectivity index (χ4v) is 3.43. The predicted octanol–water partition coefficient (Wildman–Crippen LogP) is 5.21. The first-order valence-electron chi connectivity index (χ1n) is 10.9. The monoisotopic (exact) mass is 420 g/mol. The number of hydrogen-bond acceptors (Lipinski definition) is 6. The van der Waals surface area contributed by atoms with E-state index in [2.05, 4.69) is 27.4 Å². The lowest BCUT2D eigenvalue weighted by atomic mass is 10.1. The third kappa shape index (κ3) is 19.8. The quantitative estimate of drug-likeness (QED) is 0.215. The van der Waals surface area contributed by atoms with Gasteiger partial charge in [0.15, 0.2) is 0 Å². The van der Waals surface area contributed by atoms with Gasteiger partial charge >= 0.3 is 16.4 Å². The molecule has 28 heavy (non-hydrogen) atoms. The highest BCUT2D eigenvalue weighted by Crippen LogP contribution is 2.11. The van der Waals surface area contributed by atoms with E-state index < -0.39 is 16.4 Å². The molecule has 0 aromatic carbocycles. The number of allylic oxidation sites excluding steroid dienone is 2. The molecular formula is C21H40O6S. The van der Waals surface area contributed by atoms with Gasteiger partial charge in [-0.2, -0.15) is 8.42 Å². The smallest absolute Gasteiger partial charge is 0.396 e. The van der Waals surface area contributed by atoms with Crippen molar-refractivity contribution in [2.45, 2.75) is 103 Å². The van der Waals surface area contributed by atoms with E-state index in [9.17, 15) is 13.2 Å². The van der Waals surface area contributed by atoms with Crippen molar-refractivity contribution in [2.75, 3.05) is 13.2 Å². The van der Waals surface area contributed by atoms with E-state index in [-0.39, 0.29) is 26.1 Å². The van der Waals surface area contributed by atoms with Crippen LogP contribution >= 0.6 is 0 Å². The molecule has 0 bridgehead atoms. The molecule has 1 N–H and O–H groups in total. The lowest BCUT2D eigenvalue weighted by molar-refractivity contribution is -0.134. The summed E-state index contributed by atoms with van der Waals surface area (Å²) < 4.78 is 31.4. The third-order valence-electron chi connectivity index (χ3n) is 4.37.